The topological polar surface area (TPSA) is 199 Å². The van der Waals surface area contributed by atoms with Gasteiger partial charge in [0.25, 0.3) is 0 Å². The van der Waals surface area contributed by atoms with Crippen molar-refractivity contribution in [2.75, 3.05) is 13.2 Å². The van der Waals surface area contributed by atoms with Crippen molar-refractivity contribution in [2.24, 2.45) is 11.7 Å². The molecule has 0 saturated carbocycles. The Balaban J connectivity index is 2.79. The van der Waals surface area contributed by atoms with Crippen LogP contribution in [-0.2, 0) is 24.0 Å². The second-order valence-electron chi connectivity index (χ2n) is 7.67. The van der Waals surface area contributed by atoms with E-state index in [0.29, 0.717) is 6.42 Å². The van der Waals surface area contributed by atoms with Crippen molar-refractivity contribution in [3.63, 3.8) is 0 Å². The summed E-state index contributed by atoms with van der Waals surface area (Å²) in [6.45, 7) is 3.00. The number of hydrogen-bond acceptors (Lipinski definition) is 7. The van der Waals surface area contributed by atoms with Crippen LogP contribution in [0.1, 0.15) is 39.5 Å². The van der Waals surface area contributed by atoms with Crippen LogP contribution in [0.25, 0.3) is 0 Å². The molecule has 0 bridgehead atoms. The molecule has 0 spiro atoms. The van der Waals surface area contributed by atoms with Gasteiger partial charge in [0.1, 0.15) is 18.1 Å². The largest absolute Gasteiger partial charge is 0.481 e. The Bertz CT molecular complexity index is 669. The summed E-state index contributed by atoms with van der Waals surface area (Å²) in [6, 6.07) is -4.86. The van der Waals surface area contributed by atoms with Crippen LogP contribution in [0, 0.1) is 5.92 Å². The quantitative estimate of drug-likeness (QED) is 0.212. The van der Waals surface area contributed by atoms with Crippen LogP contribution in [0.5, 0.6) is 0 Å². The van der Waals surface area contributed by atoms with Crippen molar-refractivity contribution < 1.29 is 39.3 Å². The molecule has 0 aromatic heterocycles. The lowest BCUT2D eigenvalue weighted by molar-refractivity contribution is -0.144. The Morgan fingerprint density at radius 2 is 1.73 bits per heavy atom. The van der Waals surface area contributed by atoms with E-state index in [1.165, 1.54) is 0 Å². The second kappa shape index (κ2) is 11.5. The van der Waals surface area contributed by atoms with E-state index in [-0.39, 0.29) is 25.3 Å². The third-order valence-corrected chi connectivity index (χ3v) is 4.69. The Labute approximate surface area is 173 Å². The molecule has 0 aromatic carbocycles. The molecule has 1 heterocycles. The van der Waals surface area contributed by atoms with E-state index in [2.05, 4.69) is 10.6 Å². The lowest BCUT2D eigenvalue weighted by Crippen LogP contribution is -2.57. The Hall–Kier alpha value is -2.73. The molecule has 4 atom stereocenters. The SMILES string of the molecule is CC(C)C[C@H](NC(=O)[C@H](CO)NC(=O)[C@@H]1CCCN1C(=O)[C@@H](N)CC(=O)O)C(=O)O. The number of nitrogens with zero attached hydrogens (tertiary/aromatic N) is 1. The highest BCUT2D eigenvalue weighted by Gasteiger charge is 2.38. The van der Waals surface area contributed by atoms with E-state index in [0.717, 1.165) is 4.90 Å². The number of carboxylic acids is 2. The summed E-state index contributed by atoms with van der Waals surface area (Å²) < 4.78 is 0. The summed E-state index contributed by atoms with van der Waals surface area (Å²) in [5.74, 6) is -4.77. The standard InChI is InChI=1S/C18H30N4O8/c1-9(2)6-11(18(29)30)20-15(26)12(8-23)21-16(27)13-4-3-5-22(13)17(28)10(19)7-14(24)25/h9-13,23H,3-8,19H2,1-2H3,(H,20,26)(H,21,27)(H,24,25)(H,29,30)/t10-,11-,12-,13-/m0/s1. The van der Waals surface area contributed by atoms with Crippen molar-refractivity contribution in [3.8, 4) is 0 Å². The number of hydrogen-bond donors (Lipinski definition) is 6. The number of aliphatic hydroxyl groups excluding tert-OH is 1. The summed E-state index contributed by atoms with van der Waals surface area (Å²) in [5, 5.41) is 32.1. The second-order valence-corrected chi connectivity index (χ2v) is 7.67. The van der Waals surface area contributed by atoms with Crippen LogP contribution >= 0.6 is 0 Å². The monoisotopic (exact) mass is 430 g/mol. The van der Waals surface area contributed by atoms with Gasteiger partial charge >= 0.3 is 11.9 Å². The highest BCUT2D eigenvalue weighted by atomic mass is 16.4. The normalized spacial score (nSPS) is 19.1. The molecule has 0 radical (unpaired) electrons. The number of carbonyl (C=O) groups excluding carboxylic acids is 3. The number of aliphatic carboxylic acids is 2. The summed E-state index contributed by atoms with van der Waals surface area (Å²) in [7, 11) is 0. The molecule has 1 rings (SSSR count). The molecule has 1 saturated heterocycles. The lowest BCUT2D eigenvalue weighted by Gasteiger charge is -2.28. The molecule has 1 aliphatic rings. The van der Waals surface area contributed by atoms with Gasteiger partial charge in [0.15, 0.2) is 0 Å². The van der Waals surface area contributed by atoms with E-state index in [1.54, 1.807) is 13.8 Å². The summed E-state index contributed by atoms with van der Waals surface area (Å²) in [5.41, 5.74) is 5.60. The molecule has 0 unspecified atom stereocenters. The zero-order chi connectivity index (χ0) is 23.0. The molecule has 30 heavy (non-hydrogen) atoms. The van der Waals surface area contributed by atoms with E-state index in [1.807, 2.05) is 0 Å². The summed E-state index contributed by atoms with van der Waals surface area (Å²) in [4.78, 5) is 60.6. The molecule has 12 heteroatoms. The predicted molar refractivity (Wildman–Crippen MR) is 103 cm³/mol. The molecular weight excluding hydrogens is 400 g/mol. The number of amides is 3. The highest BCUT2D eigenvalue weighted by molar-refractivity contribution is 5.95. The molecule has 12 nitrogen and oxygen atoms in total. The average molecular weight is 430 g/mol. The van der Waals surface area contributed by atoms with Crippen LogP contribution in [0.15, 0.2) is 0 Å². The molecule has 3 amide bonds. The number of carboxylic acid groups (broad SMARTS) is 2. The molecule has 7 N–H and O–H groups in total. The van der Waals surface area contributed by atoms with E-state index in [9.17, 15) is 34.2 Å². The molecule has 1 aliphatic heterocycles. The number of likely N-dealkylation sites (tertiary alicyclic amines) is 1. The van der Waals surface area contributed by atoms with Gasteiger partial charge in [0, 0.05) is 6.54 Å². The number of carbonyl (C=O) groups is 5. The van der Waals surface area contributed by atoms with Crippen molar-refractivity contribution in [1.29, 1.82) is 0 Å². The van der Waals surface area contributed by atoms with Crippen molar-refractivity contribution in [3.05, 3.63) is 0 Å². The lowest BCUT2D eigenvalue weighted by atomic mass is 10.0. The fourth-order valence-electron chi connectivity index (χ4n) is 3.22. The third kappa shape index (κ3) is 7.26. The van der Waals surface area contributed by atoms with Gasteiger partial charge in [0.2, 0.25) is 17.7 Å². The zero-order valence-electron chi connectivity index (χ0n) is 17.0. The maximum absolute atomic E-state index is 12.6. The number of aliphatic hydroxyl groups is 1. The van der Waals surface area contributed by atoms with Gasteiger partial charge in [-0.25, -0.2) is 4.79 Å². The van der Waals surface area contributed by atoms with Crippen molar-refractivity contribution in [2.45, 2.75) is 63.7 Å². The fourth-order valence-corrected chi connectivity index (χ4v) is 3.22. The van der Waals surface area contributed by atoms with Crippen LogP contribution in [0.2, 0.25) is 0 Å². The van der Waals surface area contributed by atoms with E-state index in [4.69, 9.17) is 10.8 Å². The first-order chi connectivity index (χ1) is 14.0. The Kier molecular flexibility index (Phi) is 9.66. The number of nitrogens with two attached hydrogens (primary N) is 1. The summed E-state index contributed by atoms with van der Waals surface area (Å²) >= 11 is 0. The minimum atomic E-state index is -1.41. The maximum atomic E-state index is 12.6. The molecule has 0 aliphatic carbocycles. The minimum absolute atomic E-state index is 0.0124. The first-order valence-corrected chi connectivity index (χ1v) is 9.70. The molecule has 170 valence electrons. The van der Waals surface area contributed by atoms with Crippen molar-refractivity contribution in [1.82, 2.24) is 15.5 Å². The number of rotatable bonds is 11. The minimum Gasteiger partial charge on any atom is -0.481 e. The first kappa shape index (κ1) is 25.3. The first-order valence-electron chi connectivity index (χ1n) is 9.70. The van der Waals surface area contributed by atoms with Gasteiger partial charge in [0.05, 0.1) is 19.1 Å². The predicted octanol–water partition coefficient (Wildman–Crippen LogP) is -2.13. The molecular formula is C18H30N4O8. The van der Waals surface area contributed by atoms with Crippen LogP contribution in [0.4, 0.5) is 0 Å². The zero-order valence-corrected chi connectivity index (χ0v) is 17.0. The molecule has 0 aromatic rings. The van der Waals surface area contributed by atoms with E-state index < -0.39 is 66.9 Å². The van der Waals surface area contributed by atoms with Crippen LogP contribution in [-0.4, -0.2) is 87.2 Å². The van der Waals surface area contributed by atoms with Gasteiger partial charge in [-0.15, -0.1) is 0 Å². The van der Waals surface area contributed by atoms with Gasteiger partial charge in [-0.3, -0.25) is 19.2 Å². The Morgan fingerprint density at radius 1 is 1.10 bits per heavy atom. The van der Waals surface area contributed by atoms with E-state index >= 15 is 0 Å². The van der Waals surface area contributed by atoms with Gasteiger partial charge < -0.3 is 36.6 Å². The number of nitrogens with one attached hydrogen (secondary N) is 2. The van der Waals surface area contributed by atoms with Crippen LogP contribution < -0.4 is 16.4 Å². The van der Waals surface area contributed by atoms with Gasteiger partial charge in [-0.05, 0) is 25.2 Å². The summed E-state index contributed by atoms with van der Waals surface area (Å²) in [6.07, 6.45) is 0.342. The Morgan fingerprint density at radius 3 is 2.23 bits per heavy atom. The average Bonchev–Trinajstić information content (AvgIpc) is 3.13. The molecule has 1 fully saturated rings. The van der Waals surface area contributed by atoms with Gasteiger partial charge in [-0.1, -0.05) is 13.8 Å². The smallest absolute Gasteiger partial charge is 0.326 e. The van der Waals surface area contributed by atoms with Gasteiger partial charge in [-0.2, -0.15) is 0 Å². The maximum Gasteiger partial charge on any atom is 0.326 e. The highest BCUT2D eigenvalue weighted by Crippen LogP contribution is 2.19. The fraction of sp³-hybridized carbons (Fsp3) is 0.722. The van der Waals surface area contributed by atoms with Crippen LogP contribution in [0.3, 0.4) is 0 Å². The third-order valence-electron chi connectivity index (χ3n) is 4.69. The van der Waals surface area contributed by atoms with Crippen molar-refractivity contribution >= 4 is 29.7 Å².